The van der Waals surface area contributed by atoms with Crippen LogP contribution in [0.3, 0.4) is 0 Å². The zero-order valence-corrected chi connectivity index (χ0v) is 12.0. The summed E-state index contributed by atoms with van der Waals surface area (Å²) in [6.07, 6.45) is -1.88. The van der Waals surface area contributed by atoms with E-state index in [1.54, 1.807) is 12.3 Å². The molecule has 0 saturated carbocycles. The molecule has 0 unspecified atom stereocenters. The summed E-state index contributed by atoms with van der Waals surface area (Å²) in [7, 11) is 0. The van der Waals surface area contributed by atoms with Gasteiger partial charge in [-0.3, -0.25) is 9.78 Å². The maximum atomic E-state index is 13.5. The SMILES string of the molecule is O=C(CCCc1ccccn1)Nc1cc(C(F)(F)F)ccc1F. The quantitative estimate of drug-likeness (QED) is 0.837. The van der Waals surface area contributed by atoms with E-state index in [9.17, 15) is 22.4 Å². The van der Waals surface area contributed by atoms with Crippen molar-refractivity contribution in [2.45, 2.75) is 25.4 Å². The van der Waals surface area contributed by atoms with E-state index < -0.39 is 29.2 Å². The second-order valence-corrected chi connectivity index (χ2v) is 4.92. The third-order valence-electron chi connectivity index (χ3n) is 3.13. The first-order valence-corrected chi connectivity index (χ1v) is 6.93. The fraction of sp³-hybridized carbons (Fsp3) is 0.250. The van der Waals surface area contributed by atoms with Gasteiger partial charge in [0.25, 0.3) is 0 Å². The number of halogens is 4. The lowest BCUT2D eigenvalue weighted by atomic mass is 10.1. The standard InChI is InChI=1S/C16H14F4N2O/c17-13-8-7-11(16(18,19)20)10-14(13)22-15(23)6-3-5-12-4-1-2-9-21-12/h1-2,4,7-10H,3,5-6H2,(H,22,23). The number of benzene rings is 1. The highest BCUT2D eigenvalue weighted by Crippen LogP contribution is 2.31. The van der Waals surface area contributed by atoms with Gasteiger partial charge < -0.3 is 5.32 Å². The second-order valence-electron chi connectivity index (χ2n) is 4.92. The van der Waals surface area contributed by atoms with E-state index in [0.717, 1.165) is 5.69 Å². The Balaban J connectivity index is 1.92. The number of nitrogens with zero attached hydrogens (tertiary/aromatic N) is 1. The van der Waals surface area contributed by atoms with Crippen LogP contribution in [-0.4, -0.2) is 10.9 Å². The number of anilines is 1. The van der Waals surface area contributed by atoms with Crippen molar-refractivity contribution in [1.82, 2.24) is 4.98 Å². The summed E-state index contributed by atoms with van der Waals surface area (Å²) in [5.74, 6) is -1.45. The summed E-state index contributed by atoms with van der Waals surface area (Å²) in [4.78, 5) is 15.8. The van der Waals surface area contributed by atoms with Gasteiger partial charge >= 0.3 is 6.18 Å². The van der Waals surface area contributed by atoms with Crippen molar-refractivity contribution in [3.8, 4) is 0 Å². The van der Waals surface area contributed by atoms with E-state index in [0.29, 0.717) is 31.0 Å². The molecule has 7 heteroatoms. The van der Waals surface area contributed by atoms with Crippen molar-refractivity contribution in [1.29, 1.82) is 0 Å². The molecule has 0 bridgehead atoms. The zero-order chi connectivity index (χ0) is 16.9. The average Bonchev–Trinajstić information content (AvgIpc) is 2.49. The molecule has 0 saturated heterocycles. The zero-order valence-electron chi connectivity index (χ0n) is 12.0. The second kappa shape index (κ2) is 7.21. The Hall–Kier alpha value is -2.44. The third-order valence-corrected chi connectivity index (χ3v) is 3.13. The molecule has 23 heavy (non-hydrogen) atoms. The van der Waals surface area contributed by atoms with E-state index >= 15 is 0 Å². The van der Waals surface area contributed by atoms with Crippen LogP contribution in [0.2, 0.25) is 0 Å². The first-order valence-electron chi connectivity index (χ1n) is 6.93. The summed E-state index contributed by atoms with van der Waals surface area (Å²) >= 11 is 0. The maximum absolute atomic E-state index is 13.5. The van der Waals surface area contributed by atoms with Crippen molar-refractivity contribution in [3.63, 3.8) is 0 Å². The molecule has 1 aromatic heterocycles. The minimum atomic E-state index is -4.59. The van der Waals surface area contributed by atoms with Crippen molar-refractivity contribution < 1.29 is 22.4 Å². The lowest BCUT2D eigenvalue weighted by molar-refractivity contribution is -0.137. The number of hydrogen-bond donors (Lipinski definition) is 1. The van der Waals surface area contributed by atoms with Crippen LogP contribution in [0.25, 0.3) is 0 Å². The van der Waals surface area contributed by atoms with Gasteiger partial charge in [-0.15, -0.1) is 0 Å². The smallest absolute Gasteiger partial charge is 0.324 e. The van der Waals surface area contributed by atoms with Crippen LogP contribution in [0.1, 0.15) is 24.1 Å². The van der Waals surface area contributed by atoms with Crippen LogP contribution >= 0.6 is 0 Å². The molecule has 1 N–H and O–H groups in total. The number of aromatic nitrogens is 1. The summed E-state index contributed by atoms with van der Waals surface area (Å²) in [5.41, 5.74) is -0.670. The van der Waals surface area contributed by atoms with Gasteiger partial charge in [0.2, 0.25) is 5.91 Å². The molecule has 2 aromatic rings. The van der Waals surface area contributed by atoms with Crippen molar-refractivity contribution in [2.75, 3.05) is 5.32 Å². The van der Waals surface area contributed by atoms with Gasteiger partial charge in [0.05, 0.1) is 11.3 Å². The number of pyridine rings is 1. The molecule has 0 radical (unpaired) electrons. The van der Waals surface area contributed by atoms with E-state index in [1.807, 2.05) is 12.1 Å². The van der Waals surface area contributed by atoms with E-state index in [4.69, 9.17) is 0 Å². The predicted molar refractivity (Wildman–Crippen MR) is 77.2 cm³/mol. The van der Waals surface area contributed by atoms with Crippen LogP contribution < -0.4 is 5.32 Å². The molecule has 0 fully saturated rings. The van der Waals surface area contributed by atoms with Gasteiger partial charge in [-0.2, -0.15) is 13.2 Å². The molecule has 1 aromatic carbocycles. The molecule has 0 aliphatic carbocycles. The number of alkyl halides is 3. The Kier molecular flexibility index (Phi) is 5.31. The Labute approximate surface area is 130 Å². The van der Waals surface area contributed by atoms with Crippen molar-refractivity contribution >= 4 is 11.6 Å². The van der Waals surface area contributed by atoms with Crippen LogP contribution in [0.5, 0.6) is 0 Å². The molecule has 1 amide bonds. The normalized spacial score (nSPS) is 11.3. The minimum Gasteiger partial charge on any atom is -0.324 e. The number of nitrogens with one attached hydrogen (secondary N) is 1. The first kappa shape index (κ1) is 16.9. The molecular formula is C16H14F4N2O. The number of aryl methyl sites for hydroxylation is 1. The Bertz CT molecular complexity index is 672. The Morgan fingerprint density at radius 1 is 1.17 bits per heavy atom. The molecule has 0 atom stereocenters. The van der Waals surface area contributed by atoms with Gasteiger partial charge in [-0.1, -0.05) is 6.07 Å². The number of carbonyl (C=O) groups is 1. The molecule has 2 rings (SSSR count). The van der Waals surface area contributed by atoms with E-state index in [2.05, 4.69) is 10.3 Å². The van der Waals surface area contributed by atoms with Gasteiger partial charge in [-0.25, -0.2) is 4.39 Å². The molecule has 0 aliphatic heterocycles. The monoisotopic (exact) mass is 326 g/mol. The average molecular weight is 326 g/mol. The van der Waals surface area contributed by atoms with Crippen molar-refractivity contribution in [2.24, 2.45) is 0 Å². The molecular weight excluding hydrogens is 312 g/mol. The molecule has 3 nitrogen and oxygen atoms in total. The summed E-state index contributed by atoms with van der Waals surface area (Å²) in [5, 5.41) is 2.17. The minimum absolute atomic E-state index is 0.0618. The van der Waals surface area contributed by atoms with Gasteiger partial charge in [-0.05, 0) is 43.2 Å². The fourth-order valence-corrected chi connectivity index (χ4v) is 1.99. The van der Waals surface area contributed by atoms with Crippen LogP contribution in [0.15, 0.2) is 42.6 Å². The largest absolute Gasteiger partial charge is 0.416 e. The molecule has 1 heterocycles. The highest BCUT2D eigenvalue weighted by molar-refractivity contribution is 5.90. The van der Waals surface area contributed by atoms with Crippen LogP contribution in [0.4, 0.5) is 23.2 Å². The Morgan fingerprint density at radius 2 is 1.96 bits per heavy atom. The number of carbonyl (C=O) groups excluding carboxylic acids is 1. The highest BCUT2D eigenvalue weighted by Gasteiger charge is 2.31. The molecule has 122 valence electrons. The van der Waals surface area contributed by atoms with Gasteiger partial charge in [0.1, 0.15) is 5.82 Å². The van der Waals surface area contributed by atoms with Gasteiger partial charge in [0.15, 0.2) is 0 Å². The van der Waals surface area contributed by atoms with Crippen LogP contribution in [-0.2, 0) is 17.4 Å². The van der Waals surface area contributed by atoms with Crippen molar-refractivity contribution in [3.05, 3.63) is 59.7 Å². The number of hydrogen-bond acceptors (Lipinski definition) is 2. The summed E-state index contributed by atoms with van der Waals surface area (Å²) in [6.45, 7) is 0. The van der Waals surface area contributed by atoms with E-state index in [1.165, 1.54) is 0 Å². The number of rotatable bonds is 5. The van der Waals surface area contributed by atoms with Gasteiger partial charge in [0, 0.05) is 18.3 Å². The lowest BCUT2D eigenvalue weighted by Crippen LogP contribution is -2.14. The molecule has 0 aliphatic rings. The highest BCUT2D eigenvalue weighted by atomic mass is 19.4. The summed E-state index contributed by atoms with van der Waals surface area (Å²) in [6, 6.07) is 7.31. The maximum Gasteiger partial charge on any atom is 0.416 e. The lowest BCUT2D eigenvalue weighted by Gasteiger charge is -2.11. The Morgan fingerprint density at radius 3 is 2.61 bits per heavy atom. The number of amides is 1. The topological polar surface area (TPSA) is 42.0 Å². The first-order chi connectivity index (χ1) is 10.9. The van der Waals surface area contributed by atoms with Crippen LogP contribution in [0, 0.1) is 5.82 Å². The van der Waals surface area contributed by atoms with E-state index in [-0.39, 0.29) is 6.42 Å². The fourth-order valence-electron chi connectivity index (χ4n) is 1.99. The predicted octanol–water partition coefficient (Wildman–Crippen LogP) is 4.20. The third kappa shape index (κ3) is 5.05. The summed E-state index contributed by atoms with van der Waals surface area (Å²) < 4.78 is 51.3. The molecule has 0 spiro atoms.